The second kappa shape index (κ2) is 16.3. The Morgan fingerprint density at radius 3 is 1.63 bits per heavy atom. The minimum atomic E-state index is -0.944. The first-order valence-electron chi connectivity index (χ1n) is 12.1. The van der Waals surface area contributed by atoms with E-state index >= 15 is 0 Å². The van der Waals surface area contributed by atoms with Crippen LogP contribution in [0.15, 0.2) is 24.3 Å². The Balaban J connectivity index is 2.18. The van der Waals surface area contributed by atoms with Crippen LogP contribution >= 0.6 is 0 Å². The summed E-state index contributed by atoms with van der Waals surface area (Å²) in [6, 6.07) is 8.62. The second-order valence-corrected chi connectivity index (χ2v) is 8.88. The number of nitrogens with one attached hydrogen (secondary N) is 1. The Morgan fingerprint density at radius 1 is 0.767 bits per heavy atom. The first-order chi connectivity index (χ1) is 14.5. The molecular weight excluding hydrogens is 374 g/mol. The molecule has 1 aromatic rings. The molecule has 0 fully saturated rings. The smallest absolute Gasteiger partial charge is 0.217 e. The summed E-state index contributed by atoms with van der Waals surface area (Å²) >= 11 is 0. The minimum Gasteiger partial charge on any atom is -0.394 e. The average Bonchev–Trinajstić information content (AvgIpc) is 2.75. The van der Waals surface area contributed by atoms with Gasteiger partial charge in [-0.2, -0.15) is 0 Å². The van der Waals surface area contributed by atoms with Gasteiger partial charge in [0, 0.05) is 6.92 Å². The van der Waals surface area contributed by atoms with Gasteiger partial charge in [-0.25, -0.2) is 0 Å². The van der Waals surface area contributed by atoms with E-state index in [1.807, 2.05) is 0 Å². The van der Waals surface area contributed by atoms with Gasteiger partial charge in [-0.3, -0.25) is 4.79 Å². The molecule has 1 amide bonds. The van der Waals surface area contributed by atoms with Crippen molar-refractivity contribution in [2.45, 2.75) is 109 Å². The van der Waals surface area contributed by atoms with Crippen LogP contribution in [0.1, 0.15) is 102 Å². The van der Waals surface area contributed by atoms with Crippen LogP contribution in [-0.2, 0) is 17.6 Å². The molecule has 30 heavy (non-hydrogen) atoms. The van der Waals surface area contributed by atoms with Crippen molar-refractivity contribution < 1.29 is 15.0 Å². The topological polar surface area (TPSA) is 69.6 Å². The van der Waals surface area contributed by atoms with E-state index in [0.717, 1.165) is 12.0 Å². The highest BCUT2D eigenvalue weighted by molar-refractivity contribution is 5.73. The highest BCUT2D eigenvalue weighted by Crippen LogP contribution is 2.17. The first-order valence-corrected chi connectivity index (χ1v) is 12.1. The van der Waals surface area contributed by atoms with Crippen molar-refractivity contribution in [3.63, 3.8) is 0 Å². The first kappa shape index (κ1) is 26.6. The van der Waals surface area contributed by atoms with Crippen LogP contribution in [0.2, 0.25) is 0 Å². The van der Waals surface area contributed by atoms with E-state index in [4.69, 9.17) is 0 Å². The Kier molecular flexibility index (Phi) is 14.5. The molecule has 172 valence electrons. The molecule has 1 aromatic carbocycles. The molecule has 0 aromatic heterocycles. The summed E-state index contributed by atoms with van der Waals surface area (Å²) in [5.74, 6) is -0.236. The van der Waals surface area contributed by atoms with E-state index in [1.165, 1.54) is 83.1 Å². The van der Waals surface area contributed by atoms with Gasteiger partial charge in [0.2, 0.25) is 5.91 Å². The van der Waals surface area contributed by atoms with Crippen LogP contribution in [0.3, 0.4) is 0 Å². The minimum absolute atomic E-state index is 0.236. The van der Waals surface area contributed by atoms with E-state index in [9.17, 15) is 15.0 Å². The lowest BCUT2D eigenvalue weighted by molar-refractivity contribution is -0.122. The molecule has 4 nitrogen and oxygen atoms in total. The van der Waals surface area contributed by atoms with E-state index in [1.54, 1.807) is 0 Å². The third-order valence-corrected chi connectivity index (χ3v) is 6.03. The summed E-state index contributed by atoms with van der Waals surface area (Å²) in [5.41, 5.74) is 1.58. The predicted octanol–water partition coefficient (Wildman–Crippen LogP) is 5.33. The molecule has 1 rings (SSSR count). The van der Waals surface area contributed by atoms with Crippen molar-refractivity contribution >= 4 is 5.91 Å². The summed E-state index contributed by atoms with van der Waals surface area (Å²) in [6.07, 6.45) is 17.4. The summed E-state index contributed by atoms with van der Waals surface area (Å²) in [5, 5.41) is 21.9. The van der Waals surface area contributed by atoms with Gasteiger partial charge in [0.05, 0.1) is 18.8 Å². The van der Waals surface area contributed by atoms with Crippen LogP contribution in [0.4, 0.5) is 0 Å². The molecule has 0 heterocycles. The monoisotopic (exact) mass is 419 g/mol. The average molecular weight is 420 g/mol. The molecule has 0 aliphatic heterocycles. The summed E-state index contributed by atoms with van der Waals surface area (Å²) < 4.78 is 0. The van der Waals surface area contributed by atoms with Crippen LogP contribution in [-0.4, -0.2) is 34.9 Å². The molecule has 3 N–H and O–H groups in total. The fourth-order valence-electron chi connectivity index (χ4n) is 3.97. The van der Waals surface area contributed by atoms with E-state index < -0.39 is 5.54 Å². The third-order valence-electron chi connectivity index (χ3n) is 6.03. The molecule has 0 aliphatic rings. The number of rotatable bonds is 18. The molecule has 0 atom stereocenters. The highest BCUT2D eigenvalue weighted by atomic mass is 16.3. The van der Waals surface area contributed by atoms with Gasteiger partial charge in [0.25, 0.3) is 0 Å². The summed E-state index contributed by atoms with van der Waals surface area (Å²) in [6.45, 7) is 3.15. The van der Waals surface area contributed by atoms with Crippen molar-refractivity contribution in [3.8, 4) is 0 Å². The maximum absolute atomic E-state index is 11.3. The summed E-state index contributed by atoms with van der Waals surface area (Å²) in [7, 11) is 0. The Morgan fingerprint density at radius 2 is 1.20 bits per heavy atom. The van der Waals surface area contributed by atoms with Gasteiger partial charge in [0.15, 0.2) is 0 Å². The number of hydrogen-bond acceptors (Lipinski definition) is 3. The number of aliphatic hydroxyl groups is 2. The van der Waals surface area contributed by atoms with Gasteiger partial charge in [-0.15, -0.1) is 0 Å². The van der Waals surface area contributed by atoms with Crippen LogP contribution in [0.25, 0.3) is 0 Å². The van der Waals surface area contributed by atoms with Gasteiger partial charge in [-0.05, 0) is 36.8 Å². The highest BCUT2D eigenvalue weighted by Gasteiger charge is 2.29. The lowest BCUT2D eigenvalue weighted by Gasteiger charge is -2.30. The Labute approximate surface area is 184 Å². The largest absolute Gasteiger partial charge is 0.394 e. The van der Waals surface area contributed by atoms with Crippen molar-refractivity contribution in [1.82, 2.24) is 5.32 Å². The number of benzene rings is 1. The molecule has 0 saturated heterocycles. The third kappa shape index (κ3) is 11.7. The lowest BCUT2D eigenvalue weighted by atomic mass is 9.92. The SMILES string of the molecule is CCCCCCCCCCCCCc1ccc(CCC(CO)(CO)NC(C)=O)cc1. The standard InChI is InChI=1S/C26H45NO3/c1-3-4-5-6-7-8-9-10-11-12-13-14-24-15-17-25(18-16-24)19-20-26(21-28,22-29)27-23(2)30/h15-18,28-29H,3-14,19-22H2,1-2H3,(H,27,30). The number of hydrogen-bond donors (Lipinski definition) is 3. The number of aryl methyl sites for hydroxylation is 2. The normalized spacial score (nSPS) is 11.6. The van der Waals surface area contributed by atoms with E-state index in [-0.39, 0.29) is 19.1 Å². The second-order valence-electron chi connectivity index (χ2n) is 8.88. The molecule has 0 saturated carbocycles. The van der Waals surface area contributed by atoms with Crippen molar-refractivity contribution in [3.05, 3.63) is 35.4 Å². The molecule has 0 bridgehead atoms. The molecule has 0 radical (unpaired) electrons. The summed E-state index contributed by atoms with van der Waals surface area (Å²) in [4.78, 5) is 11.3. The number of carbonyl (C=O) groups excluding carboxylic acids is 1. The number of carbonyl (C=O) groups is 1. The number of unbranched alkanes of at least 4 members (excludes halogenated alkanes) is 10. The molecular formula is C26H45NO3. The maximum Gasteiger partial charge on any atom is 0.217 e. The van der Waals surface area contributed by atoms with Crippen molar-refractivity contribution in [2.24, 2.45) is 0 Å². The zero-order chi connectivity index (χ0) is 22.1. The fourth-order valence-corrected chi connectivity index (χ4v) is 3.97. The Bertz CT molecular complexity index is 552. The number of amides is 1. The number of aliphatic hydroxyl groups excluding tert-OH is 2. The zero-order valence-corrected chi connectivity index (χ0v) is 19.4. The van der Waals surface area contributed by atoms with Gasteiger partial charge in [0.1, 0.15) is 0 Å². The molecule has 0 aliphatic carbocycles. The van der Waals surface area contributed by atoms with Gasteiger partial charge in [-0.1, -0.05) is 95.4 Å². The van der Waals surface area contributed by atoms with Crippen LogP contribution in [0, 0.1) is 0 Å². The molecule has 0 spiro atoms. The van der Waals surface area contributed by atoms with Gasteiger partial charge >= 0.3 is 0 Å². The Hall–Kier alpha value is -1.39. The fraction of sp³-hybridized carbons (Fsp3) is 0.731. The maximum atomic E-state index is 11.3. The van der Waals surface area contributed by atoms with Crippen molar-refractivity contribution in [1.29, 1.82) is 0 Å². The van der Waals surface area contributed by atoms with E-state index in [0.29, 0.717) is 12.8 Å². The molecule has 0 unspecified atom stereocenters. The lowest BCUT2D eigenvalue weighted by Crippen LogP contribution is -2.53. The predicted molar refractivity (Wildman–Crippen MR) is 126 cm³/mol. The van der Waals surface area contributed by atoms with E-state index in [2.05, 4.69) is 36.5 Å². The van der Waals surface area contributed by atoms with Crippen molar-refractivity contribution in [2.75, 3.05) is 13.2 Å². The van der Waals surface area contributed by atoms with Gasteiger partial charge < -0.3 is 15.5 Å². The molecule has 4 heteroatoms. The zero-order valence-electron chi connectivity index (χ0n) is 19.4. The van der Waals surface area contributed by atoms with Crippen LogP contribution in [0.5, 0.6) is 0 Å². The quantitative estimate of drug-likeness (QED) is 0.282. The van der Waals surface area contributed by atoms with Crippen LogP contribution < -0.4 is 5.32 Å².